The second-order valence-electron chi connectivity index (χ2n) is 5.85. The molecule has 7 nitrogen and oxygen atoms in total. The standard InChI is InChI=1S/C20H22N2O5/c23-18(24)11-5-2-6-12-21-20(26)17(14-16-10-7-13-27-16)22-19(25)15-8-3-1-4-9-15/h1,3-4,7-10,13-14H,2,5-6,11-12H2,(H,21,26)(H,22,25)(H,23,24). The molecule has 2 aromatic rings. The molecule has 0 atom stereocenters. The summed E-state index contributed by atoms with van der Waals surface area (Å²) in [6.45, 7) is 0.384. The van der Waals surface area contributed by atoms with E-state index in [9.17, 15) is 14.4 Å². The number of carboxylic acid groups (broad SMARTS) is 1. The summed E-state index contributed by atoms with van der Waals surface area (Å²) >= 11 is 0. The van der Waals surface area contributed by atoms with Gasteiger partial charge in [0.05, 0.1) is 6.26 Å². The maximum absolute atomic E-state index is 12.4. The van der Waals surface area contributed by atoms with Crippen LogP contribution < -0.4 is 10.6 Å². The molecule has 0 spiro atoms. The number of rotatable bonds is 10. The van der Waals surface area contributed by atoms with Crippen LogP contribution in [-0.4, -0.2) is 29.4 Å². The quantitative estimate of drug-likeness (QED) is 0.440. The molecule has 1 heterocycles. The Hall–Kier alpha value is -3.35. The molecule has 0 aliphatic carbocycles. The van der Waals surface area contributed by atoms with Gasteiger partial charge in [-0.3, -0.25) is 14.4 Å². The van der Waals surface area contributed by atoms with Crippen molar-refractivity contribution in [2.75, 3.05) is 6.54 Å². The number of benzene rings is 1. The van der Waals surface area contributed by atoms with Crippen molar-refractivity contribution in [2.45, 2.75) is 25.7 Å². The molecule has 3 N–H and O–H groups in total. The van der Waals surface area contributed by atoms with Gasteiger partial charge in [0.1, 0.15) is 11.5 Å². The SMILES string of the molecule is O=C(O)CCCCCNC(=O)C(=Cc1ccco1)NC(=O)c1ccccc1. The molecule has 0 saturated carbocycles. The number of carboxylic acids is 1. The Labute approximate surface area is 157 Å². The zero-order valence-electron chi connectivity index (χ0n) is 14.8. The van der Waals surface area contributed by atoms with Gasteiger partial charge < -0.3 is 20.2 Å². The third-order valence-corrected chi connectivity index (χ3v) is 3.71. The van der Waals surface area contributed by atoms with E-state index in [0.29, 0.717) is 37.1 Å². The smallest absolute Gasteiger partial charge is 0.303 e. The van der Waals surface area contributed by atoms with E-state index in [-0.39, 0.29) is 12.1 Å². The number of amides is 2. The highest BCUT2D eigenvalue weighted by molar-refractivity contribution is 6.05. The summed E-state index contributed by atoms with van der Waals surface area (Å²) in [5, 5.41) is 13.9. The molecule has 0 bridgehead atoms. The molecule has 27 heavy (non-hydrogen) atoms. The molecule has 1 aromatic carbocycles. The number of carbonyl (C=O) groups excluding carboxylic acids is 2. The number of aliphatic carboxylic acids is 1. The zero-order chi connectivity index (χ0) is 19.5. The molecule has 0 unspecified atom stereocenters. The molecule has 0 aliphatic heterocycles. The van der Waals surface area contributed by atoms with Crippen LogP contribution in [0.3, 0.4) is 0 Å². The van der Waals surface area contributed by atoms with E-state index in [4.69, 9.17) is 9.52 Å². The number of hydrogen-bond donors (Lipinski definition) is 3. The van der Waals surface area contributed by atoms with Gasteiger partial charge in [-0.1, -0.05) is 24.6 Å². The Kier molecular flexibility index (Phi) is 7.84. The van der Waals surface area contributed by atoms with Crippen molar-refractivity contribution in [3.05, 3.63) is 65.7 Å². The first-order chi connectivity index (χ1) is 13.1. The van der Waals surface area contributed by atoms with Crippen molar-refractivity contribution >= 4 is 23.9 Å². The highest BCUT2D eigenvalue weighted by atomic mass is 16.4. The lowest BCUT2D eigenvalue weighted by Gasteiger charge is -2.10. The second kappa shape index (κ2) is 10.6. The second-order valence-corrected chi connectivity index (χ2v) is 5.85. The highest BCUT2D eigenvalue weighted by Gasteiger charge is 2.14. The third-order valence-electron chi connectivity index (χ3n) is 3.71. The summed E-state index contributed by atoms with van der Waals surface area (Å²) in [5.74, 6) is -1.22. The van der Waals surface area contributed by atoms with E-state index in [0.717, 1.165) is 0 Å². The summed E-state index contributed by atoms with van der Waals surface area (Å²) in [7, 11) is 0. The lowest BCUT2D eigenvalue weighted by atomic mass is 10.2. The molecule has 2 amide bonds. The van der Waals surface area contributed by atoms with Crippen LogP contribution >= 0.6 is 0 Å². The summed E-state index contributed by atoms with van der Waals surface area (Å²) in [6.07, 6.45) is 4.96. The van der Waals surface area contributed by atoms with Gasteiger partial charge in [0.2, 0.25) is 0 Å². The van der Waals surface area contributed by atoms with Gasteiger partial charge in [-0.25, -0.2) is 0 Å². The lowest BCUT2D eigenvalue weighted by Crippen LogP contribution is -2.35. The van der Waals surface area contributed by atoms with Crippen molar-refractivity contribution in [3.8, 4) is 0 Å². The first-order valence-electron chi connectivity index (χ1n) is 8.68. The Balaban J connectivity index is 1.95. The first-order valence-corrected chi connectivity index (χ1v) is 8.68. The van der Waals surface area contributed by atoms with E-state index in [1.54, 1.807) is 42.5 Å². The maximum atomic E-state index is 12.4. The van der Waals surface area contributed by atoms with E-state index in [1.165, 1.54) is 12.3 Å². The van der Waals surface area contributed by atoms with Crippen molar-refractivity contribution in [2.24, 2.45) is 0 Å². The summed E-state index contributed by atoms with van der Waals surface area (Å²) in [5.41, 5.74) is 0.508. The first kappa shape index (κ1) is 20.0. The third kappa shape index (κ3) is 7.19. The van der Waals surface area contributed by atoms with Crippen LogP contribution in [0.1, 0.15) is 41.8 Å². The van der Waals surface area contributed by atoms with Crippen LogP contribution in [0.4, 0.5) is 0 Å². The van der Waals surface area contributed by atoms with Gasteiger partial charge in [0.15, 0.2) is 0 Å². The van der Waals surface area contributed by atoms with Gasteiger partial charge in [0.25, 0.3) is 11.8 Å². The number of nitrogens with one attached hydrogen (secondary N) is 2. The molecule has 0 fully saturated rings. The fraction of sp³-hybridized carbons (Fsp3) is 0.250. The van der Waals surface area contributed by atoms with Crippen molar-refractivity contribution < 1.29 is 23.9 Å². The van der Waals surface area contributed by atoms with E-state index >= 15 is 0 Å². The number of unbranched alkanes of at least 4 members (excludes halogenated alkanes) is 2. The van der Waals surface area contributed by atoms with Gasteiger partial charge in [-0.15, -0.1) is 0 Å². The minimum absolute atomic E-state index is 0.0735. The maximum Gasteiger partial charge on any atom is 0.303 e. The van der Waals surface area contributed by atoms with Crippen LogP contribution in [0.25, 0.3) is 6.08 Å². The van der Waals surface area contributed by atoms with Crippen molar-refractivity contribution in [3.63, 3.8) is 0 Å². The van der Waals surface area contributed by atoms with Gasteiger partial charge in [0, 0.05) is 24.6 Å². The molecular formula is C20H22N2O5. The van der Waals surface area contributed by atoms with Gasteiger partial charge >= 0.3 is 5.97 Å². The molecular weight excluding hydrogens is 348 g/mol. The molecule has 7 heteroatoms. The predicted molar refractivity (Wildman–Crippen MR) is 99.7 cm³/mol. The van der Waals surface area contributed by atoms with Crippen LogP contribution in [-0.2, 0) is 9.59 Å². The van der Waals surface area contributed by atoms with Crippen LogP contribution in [0.15, 0.2) is 58.8 Å². The summed E-state index contributed by atoms with van der Waals surface area (Å²) < 4.78 is 5.22. The minimum Gasteiger partial charge on any atom is -0.481 e. The van der Waals surface area contributed by atoms with Gasteiger partial charge in [-0.2, -0.15) is 0 Å². The minimum atomic E-state index is -0.827. The number of hydrogen-bond acceptors (Lipinski definition) is 4. The fourth-order valence-corrected chi connectivity index (χ4v) is 2.33. The van der Waals surface area contributed by atoms with E-state index < -0.39 is 17.8 Å². The average Bonchev–Trinajstić information content (AvgIpc) is 3.17. The molecule has 2 rings (SSSR count). The van der Waals surface area contributed by atoms with Crippen LogP contribution in [0.2, 0.25) is 0 Å². The monoisotopic (exact) mass is 370 g/mol. The van der Waals surface area contributed by atoms with Crippen LogP contribution in [0.5, 0.6) is 0 Å². The largest absolute Gasteiger partial charge is 0.481 e. The number of carbonyl (C=O) groups is 3. The Morgan fingerprint density at radius 1 is 1.00 bits per heavy atom. The lowest BCUT2D eigenvalue weighted by molar-refractivity contribution is -0.137. The predicted octanol–water partition coefficient (Wildman–Crippen LogP) is 2.81. The average molecular weight is 370 g/mol. The molecule has 0 radical (unpaired) electrons. The van der Waals surface area contributed by atoms with Gasteiger partial charge in [-0.05, 0) is 37.1 Å². The van der Waals surface area contributed by atoms with E-state index in [1.807, 2.05) is 0 Å². The molecule has 142 valence electrons. The highest BCUT2D eigenvalue weighted by Crippen LogP contribution is 2.08. The Morgan fingerprint density at radius 2 is 1.78 bits per heavy atom. The van der Waals surface area contributed by atoms with Crippen molar-refractivity contribution in [1.29, 1.82) is 0 Å². The molecule has 0 aliphatic rings. The molecule has 1 aromatic heterocycles. The fourth-order valence-electron chi connectivity index (χ4n) is 2.33. The summed E-state index contributed by atoms with van der Waals surface area (Å²) in [6, 6.07) is 11.9. The number of furan rings is 1. The van der Waals surface area contributed by atoms with Crippen LogP contribution in [0, 0.1) is 0 Å². The topological polar surface area (TPSA) is 109 Å². The zero-order valence-corrected chi connectivity index (χ0v) is 14.8. The normalized spacial score (nSPS) is 11.0. The van der Waals surface area contributed by atoms with Crippen molar-refractivity contribution in [1.82, 2.24) is 10.6 Å². The summed E-state index contributed by atoms with van der Waals surface area (Å²) in [4.78, 5) is 35.3. The van der Waals surface area contributed by atoms with E-state index in [2.05, 4.69) is 10.6 Å². The molecule has 0 saturated heterocycles. The Morgan fingerprint density at radius 3 is 2.44 bits per heavy atom. The Bertz CT molecular complexity index is 782.